The number of nitrogens with zero attached hydrogens (tertiary/aromatic N) is 2. The largest absolute Gasteiger partial charge is 0.371 e. The summed E-state index contributed by atoms with van der Waals surface area (Å²) in [5.74, 6) is -0.337. The van der Waals surface area contributed by atoms with Crippen LogP contribution in [0.15, 0.2) is 77.7 Å². The van der Waals surface area contributed by atoms with E-state index in [0.29, 0.717) is 11.3 Å². The number of hydrogen-bond donors (Lipinski definition) is 2. The van der Waals surface area contributed by atoms with Gasteiger partial charge in [-0.25, -0.2) is 12.7 Å². The molecule has 1 heterocycles. The number of nitrogens with one attached hydrogen (secondary N) is 2. The highest BCUT2D eigenvalue weighted by molar-refractivity contribution is 7.89. The second kappa shape index (κ2) is 9.64. The summed E-state index contributed by atoms with van der Waals surface area (Å²) in [6.07, 6.45) is 2.10. The summed E-state index contributed by atoms with van der Waals surface area (Å²) in [7, 11) is -0.694. The van der Waals surface area contributed by atoms with Gasteiger partial charge in [-0.15, -0.1) is 0 Å². The fraction of sp³-hybridized carbons (Fsp3) is 0.240. The van der Waals surface area contributed by atoms with Crippen LogP contribution >= 0.6 is 0 Å². The summed E-state index contributed by atoms with van der Waals surface area (Å²) in [5, 5.41) is 6.23. The Hall–Kier alpha value is -3.36. The standard InChI is InChI=1S/C25H28N4O3S/c1-28(2)33(31,32)22-14-15-24(29-16-6-7-17-29)23(18-22)25(30)27-21-12-10-20(11-13-21)26-19-8-4-3-5-9-19/h3-5,8-15,18,26H,6-7,16-17H2,1-2H3,(H,27,30). The van der Waals surface area contributed by atoms with Crippen molar-refractivity contribution in [3.8, 4) is 0 Å². The van der Waals surface area contributed by atoms with Crippen LogP contribution in [0.3, 0.4) is 0 Å². The van der Waals surface area contributed by atoms with E-state index in [1.807, 2.05) is 54.6 Å². The van der Waals surface area contributed by atoms with Crippen molar-refractivity contribution in [2.75, 3.05) is 42.7 Å². The van der Waals surface area contributed by atoms with Crippen LogP contribution in [0.5, 0.6) is 0 Å². The van der Waals surface area contributed by atoms with E-state index in [2.05, 4.69) is 15.5 Å². The van der Waals surface area contributed by atoms with E-state index >= 15 is 0 Å². The van der Waals surface area contributed by atoms with Gasteiger partial charge in [0.05, 0.1) is 10.5 Å². The van der Waals surface area contributed by atoms with E-state index < -0.39 is 10.0 Å². The summed E-state index contributed by atoms with van der Waals surface area (Å²) in [5.41, 5.74) is 3.61. The highest BCUT2D eigenvalue weighted by atomic mass is 32.2. The second-order valence-corrected chi connectivity index (χ2v) is 10.3. The van der Waals surface area contributed by atoms with Crippen molar-refractivity contribution in [1.29, 1.82) is 0 Å². The molecule has 7 nitrogen and oxygen atoms in total. The lowest BCUT2D eigenvalue weighted by molar-refractivity contribution is 0.102. The molecule has 33 heavy (non-hydrogen) atoms. The number of para-hydroxylation sites is 1. The van der Waals surface area contributed by atoms with Gasteiger partial charge in [0.25, 0.3) is 5.91 Å². The number of amides is 1. The lowest BCUT2D eigenvalue weighted by Gasteiger charge is -2.22. The third-order valence-corrected chi connectivity index (χ3v) is 7.45. The molecule has 2 N–H and O–H groups in total. The molecule has 1 amide bonds. The summed E-state index contributed by atoms with van der Waals surface area (Å²) in [6, 6.07) is 22.0. The molecule has 0 atom stereocenters. The molecule has 1 saturated heterocycles. The molecule has 0 aliphatic carbocycles. The first-order valence-electron chi connectivity index (χ1n) is 10.9. The third-order valence-electron chi connectivity index (χ3n) is 5.64. The molecule has 0 saturated carbocycles. The van der Waals surface area contributed by atoms with Crippen LogP contribution in [0, 0.1) is 0 Å². The van der Waals surface area contributed by atoms with Crippen LogP contribution in [0.1, 0.15) is 23.2 Å². The van der Waals surface area contributed by atoms with Gasteiger partial charge >= 0.3 is 0 Å². The van der Waals surface area contributed by atoms with Crippen LogP contribution in [-0.2, 0) is 10.0 Å². The van der Waals surface area contributed by atoms with Gasteiger partial charge in [0.15, 0.2) is 0 Å². The molecule has 172 valence electrons. The minimum atomic E-state index is -3.65. The van der Waals surface area contributed by atoms with Crippen LogP contribution in [0.2, 0.25) is 0 Å². The quantitative estimate of drug-likeness (QED) is 0.537. The Morgan fingerprint density at radius 1 is 0.848 bits per heavy atom. The van der Waals surface area contributed by atoms with Crippen LogP contribution in [0.4, 0.5) is 22.7 Å². The molecule has 0 bridgehead atoms. The van der Waals surface area contributed by atoms with Gasteiger partial charge < -0.3 is 15.5 Å². The third kappa shape index (κ3) is 5.18. The van der Waals surface area contributed by atoms with Crippen molar-refractivity contribution in [1.82, 2.24) is 4.31 Å². The van der Waals surface area contributed by atoms with Crippen molar-refractivity contribution in [3.05, 3.63) is 78.4 Å². The predicted molar refractivity (Wildman–Crippen MR) is 133 cm³/mol. The molecule has 8 heteroatoms. The normalized spacial score (nSPS) is 13.8. The van der Waals surface area contributed by atoms with E-state index in [4.69, 9.17) is 0 Å². The molecule has 1 aliphatic heterocycles. The minimum Gasteiger partial charge on any atom is -0.371 e. The molecule has 4 rings (SSSR count). The Balaban J connectivity index is 1.58. The minimum absolute atomic E-state index is 0.100. The predicted octanol–water partition coefficient (Wildman–Crippen LogP) is 4.53. The smallest absolute Gasteiger partial charge is 0.257 e. The van der Waals surface area contributed by atoms with Crippen LogP contribution in [0.25, 0.3) is 0 Å². The fourth-order valence-corrected chi connectivity index (χ4v) is 4.75. The van der Waals surface area contributed by atoms with Gasteiger partial charge in [-0.05, 0) is 67.4 Å². The van der Waals surface area contributed by atoms with Crippen molar-refractivity contribution in [3.63, 3.8) is 0 Å². The molecule has 0 radical (unpaired) electrons. The monoisotopic (exact) mass is 464 g/mol. The Kier molecular flexibility index (Phi) is 6.67. The van der Waals surface area contributed by atoms with Crippen molar-refractivity contribution >= 4 is 38.7 Å². The number of rotatable bonds is 7. The lowest BCUT2D eigenvalue weighted by atomic mass is 10.1. The zero-order valence-electron chi connectivity index (χ0n) is 18.8. The summed E-state index contributed by atoms with van der Waals surface area (Å²) < 4.78 is 26.5. The van der Waals surface area contributed by atoms with E-state index in [9.17, 15) is 13.2 Å². The molecule has 3 aromatic rings. The molecule has 0 spiro atoms. The zero-order valence-corrected chi connectivity index (χ0v) is 19.6. The molecule has 0 unspecified atom stereocenters. The second-order valence-electron chi connectivity index (χ2n) is 8.18. The molecule has 0 aromatic heterocycles. The maximum atomic E-state index is 13.3. The number of benzene rings is 3. The summed E-state index contributed by atoms with van der Waals surface area (Å²) >= 11 is 0. The van der Waals surface area contributed by atoms with E-state index in [1.165, 1.54) is 20.2 Å². The molecule has 1 aliphatic rings. The average Bonchev–Trinajstić information content (AvgIpc) is 3.35. The van der Waals surface area contributed by atoms with E-state index in [0.717, 1.165) is 47.3 Å². The maximum absolute atomic E-state index is 13.3. The highest BCUT2D eigenvalue weighted by Crippen LogP contribution is 2.29. The Bertz CT molecular complexity index is 1220. The van der Waals surface area contributed by atoms with Gasteiger partial charge in [-0.3, -0.25) is 4.79 Å². The number of anilines is 4. The van der Waals surface area contributed by atoms with E-state index in [-0.39, 0.29) is 10.8 Å². The Morgan fingerprint density at radius 2 is 1.45 bits per heavy atom. The number of sulfonamides is 1. The maximum Gasteiger partial charge on any atom is 0.257 e. The fourth-order valence-electron chi connectivity index (χ4n) is 3.83. The highest BCUT2D eigenvalue weighted by Gasteiger charge is 2.24. The average molecular weight is 465 g/mol. The SMILES string of the molecule is CN(C)S(=O)(=O)c1ccc(N2CCCC2)c(C(=O)Nc2ccc(Nc3ccccc3)cc2)c1. The van der Waals surface area contributed by atoms with Crippen molar-refractivity contribution in [2.45, 2.75) is 17.7 Å². The Morgan fingerprint density at radius 3 is 2.09 bits per heavy atom. The topological polar surface area (TPSA) is 81.8 Å². The summed E-state index contributed by atoms with van der Waals surface area (Å²) in [6.45, 7) is 1.69. The van der Waals surface area contributed by atoms with Crippen LogP contribution in [-0.4, -0.2) is 45.8 Å². The van der Waals surface area contributed by atoms with Gasteiger partial charge in [0.1, 0.15) is 0 Å². The first-order chi connectivity index (χ1) is 15.8. The summed E-state index contributed by atoms with van der Waals surface area (Å²) in [4.78, 5) is 15.5. The number of carbonyl (C=O) groups excluding carboxylic acids is 1. The first kappa shape index (κ1) is 22.8. The first-order valence-corrected chi connectivity index (χ1v) is 12.3. The van der Waals surface area contributed by atoms with Gasteiger partial charge in [-0.2, -0.15) is 0 Å². The van der Waals surface area contributed by atoms with Crippen molar-refractivity contribution < 1.29 is 13.2 Å². The van der Waals surface area contributed by atoms with Crippen LogP contribution < -0.4 is 15.5 Å². The van der Waals surface area contributed by atoms with E-state index in [1.54, 1.807) is 12.1 Å². The zero-order chi connectivity index (χ0) is 23.4. The van der Waals surface area contributed by atoms with Gasteiger partial charge in [0, 0.05) is 49.9 Å². The molecule has 3 aromatic carbocycles. The number of hydrogen-bond acceptors (Lipinski definition) is 5. The van der Waals surface area contributed by atoms with Gasteiger partial charge in [-0.1, -0.05) is 18.2 Å². The number of carbonyl (C=O) groups is 1. The molecular formula is C25H28N4O3S. The molecule has 1 fully saturated rings. The molecular weight excluding hydrogens is 436 g/mol. The Labute approximate surface area is 195 Å². The van der Waals surface area contributed by atoms with Crippen molar-refractivity contribution in [2.24, 2.45) is 0 Å². The lowest BCUT2D eigenvalue weighted by Crippen LogP contribution is -2.25. The van der Waals surface area contributed by atoms with Gasteiger partial charge in [0.2, 0.25) is 10.0 Å².